The molecule has 21 heavy (non-hydrogen) atoms. The number of nitrogens with one attached hydrogen (secondary N) is 1. The number of hydrogen-bond donors (Lipinski definition) is 2. The quantitative estimate of drug-likeness (QED) is 0.864. The third kappa shape index (κ3) is 2.93. The molecule has 2 atom stereocenters. The summed E-state index contributed by atoms with van der Waals surface area (Å²) in [6.45, 7) is 1.82. The van der Waals surface area contributed by atoms with Crippen LogP contribution in [0.5, 0.6) is 0 Å². The second kappa shape index (κ2) is 5.50. The van der Waals surface area contributed by atoms with Gasteiger partial charge in [0.05, 0.1) is 17.8 Å². The molecule has 2 unspecified atom stereocenters. The van der Waals surface area contributed by atoms with Crippen LogP contribution < -0.4 is 5.32 Å². The second-order valence-corrected chi connectivity index (χ2v) is 5.50. The molecule has 2 saturated heterocycles. The Morgan fingerprint density at radius 2 is 2.24 bits per heavy atom. The largest absolute Gasteiger partial charge is 0.478 e. The zero-order valence-electron chi connectivity index (χ0n) is 11.5. The minimum atomic E-state index is -1.12. The number of ether oxygens (including phenoxy) is 2. The standard InChI is InChI=1S/C14H17NO6/c16-12(11-5-9(7-20-11)13(17)18)15-10-1-3-21-14(6-10)2-4-19-8-14/h5,7,10H,1-4,6,8H2,(H,15,16)(H,17,18). The highest BCUT2D eigenvalue weighted by atomic mass is 16.6. The lowest BCUT2D eigenvalue weighted by Gasteiger charge is -2.37. The Morgan fingerprint density at radius 3 is 2.90 bits per heavy atom. The highest BCUT2D eigenvalue weighted by Gasteiger charge is 2.41. The number of aromatic carboxylic acids is 1. The average molecular weight is 295 g/mol. The average Bonchev–Trinajstić information content (AvgIpc) is 3.08. The van der Waals surface area contributed by atoms with Crippen LogP contribution in [0.2, 0.25) is 0 Å². The van der Waals surface area contributed by atoms with E-state index in [4.69, 9.17) is 19.0 Å². The van der Waals surface area contributed by atoms with Gasteiger partial charge in [-0.1, -0.05) is 0 Å². The van der Waals surface area contributed by atoms with E-state index >= 15 is 0 Å². The fourth-order valence-corrected chi connectivity index (χ4v) is 2.84. The van der Waals surface area contributed by atoms with Crippen molar-refractivity contribution in [1.29, 1.82) is 0 Å². The van der Waals surface area contributed by atoms with E-state index in [9.17, 15) is 9.59 Å². The van der Waals surface area contributed by atoms with E-state index in [0.717, 1.165) is 19.1 Å². The maximum Gasteiger partial charge on any atom is 0.338 e. The molecule has 3 rings (SSSR count). The summed E-state index contributed by atoms with van der Waals surface area (Å²) in [5.41, 5.74) is -0.321. The fraction of sp³-hybridized carbons (Fsp3) is 0.571. The van der Waals surface area contributed by atoms with Gasteiger partial charge in [0, 0.05) is 31.7 Å². The van der Waals surface area contributed by atoms with Crippen LogP contribution in [0.15, 0.2) is 16.7 Å². The lowest BCUT2D eigenvalue weighted by atomic mass is 9.89. The number of carboxylic acids is 1. The summed E-state index contributed by atoms with van der Waals surface area (Å²) in [5, 5.41) is 11.7. The van der Waals surface area contributed by atoms with Crippen molar-refractivity contribution < 1.29 is 28.6 Å². The van der Waals surface area contributed by atoms with Crippen molar-refractivity contribution in [3.05, 3.63) is 23.7 Å². The SMILES string of the molecule is O=C(O)c1coc(C(=O)NC2CCOC3(CCOC3)C2)c1. The predicted octanol–water partition coefficient (Wildman–Crippen LogP) is 1.05. The Balaban J connectivity index is 1.62. The van der Waals surface area contributed by atoms with Crippen molar-refractivity contribution in [3.63, 3.8) is 0 Å². The first-order chi connectivity index (χ1) is 10.1. The molecule has 2 aliphatic rings. The molecule has 1 aromatic rings. The maximum atomic E-state index is 12.1. The van der Waals surface area contributed by atoms with Crippen molar-refractivity contribution in [2.75, 3.05) is 19.8 Å². The Bertz CT molecular complexity index is 545. The third-order valence-electron chi connectivity index (χ3n) is 3.97. The van der Waals surface area contributed by atoms with Gasteiger partial charge in [-0.05, 0) is 12.8 Å². The number of carbonyl (C=O) groups excluding carboxylic acids is 1. The Morgan fingerprint density at radius 1 is 1.38 bits per heavy atom. The molecule has 0 radical (unpaired) electrons. The zero-order chi connectivity index (χ0) is 14.9. The number of carboxylic acid groups (broad SMARTS) is 1. The van der Waals surface area contributed by atoms with Crippen molar-refractivity contribution >= 4 is 11.9 Å². The van der Waals surface area contributed by atoms with Gasteiger partial charge in [0.2, 0.25) is 0 Å². The van der Waals surface area contributed by atoms with Crippen LogP contribution in [0.25, 0.3) is 0 Å². The first kappa shape index (κ1) is 14.1. The summed E-state index contributed by atoms with van der Waals surface area (Å²) in [7, 11) is 0. The first-order valence-electron chi connectivity index (χ1n) is 6.92. The predicted molar refractivity (Wildman–Crippen MR) is 70.3 cm³/mol. The van der Waals surface area contributed by atoms with Crippen LogP contribution >= 0.6 is 0 Å². The monoisotopic (exact) mass is 295 g/mol. The minimum Gasteiger partial charge on any atom is -0.478 e. The van der Waals surface area contributed by atoms with Gasteiger partial charge < -0.3 is 24.3 Å². The normalized spacial score (nSPS) is 28.7. The second-order valence-electron chi connectivity index (χ2n) is 5.50. The summed E-state index contributed by atoms with van der Waals surface area (Å²) < 4.78 is 16.2. The number of amides is 1. The Labute approximate surface area is 121 Å². The molecule has 0 aliphatic carbocycles. The summed E-state index contributed by atoms with van der Waals surface area (Å²) in [6, 6.07) is 1.21. The van der Waals surface area contributed by atoms with Crippen LogP contribution in [-0.2, 0) is 9.47 Å². The first-order valence-corrected chi connectivity index (χ1v) is 6.92. The molecule has 7 heteroatoms. The van der Waals surface area contributed by atoms with Gasteiger partial charge in [-0.3, -0.25) is 4.79 Å². The van der Waals surface area contributed by atoms with E-state index in [1.54, 1.807) is 0 Å². The lowest BCUT2D eigenvalue weighted by molar-refractivity contribution is -0.0881. The molecular formula is C14H17NO6. The highest BCUT2D eigenvalue weighted by molar-refractivity contribution is 5.95. The molecule has 3 heterocycles. The van der Waals surface area contributed by atoms with Crippen LogP contribution in [0.3, 0.4) is 0 Å². The van der Waals surface area contributed by atoms with Crippen LogP contribution in [0.1, 0.15) is 40.2 Å². The van der Waals surface area contributed by atoms with Crippen LogP contribution in [0.4, 0.5) is 0 Å². The van der Waals surface area contributed by atoms with Gasteiger partial charge in [-0.25, -0.2) is 4.79 Å². The Hall–Kier alpha value is -1.86. The van der Waals surface area contributed by atoms with Crippen molar-refractivity contribution in [3.8, 4) is 0 Å². The third-order valence-corrected chi connectivity index (χ3v) is 3.97. The Kier molecular flexibility index (Phi) is 3.69. The summed E-state index contributed by atoms with van der Waals surface area (Å²) in [4.78, 5) is 22.9. The maximum absolute atomic E-state index is 12.1. The van der Waals surface area contributed by atoms with Crippen molar-refractivity contribution in [2.45, 2.75) is 30.9 Å². The van der Waals surface area contributed by atoms with E-state index in [1.807, 2.05) is 0 Å². The number of rotatable bonds is 3. The number of carbonyl (C=O) groups is 2. The molecule has 0 bridgehead atoms. The number of hydrogen-bond acceptors (Lipinski definition) is 5. The summed E-state index contributed by atoms with van der Waals surface area (Å²) >= 11 is 0. The van der Waals surface area contributed by atoms with E-state index < -0.39 is 11.9 Å². The molecule has 1 amide bonds. The van der Waals surface area contributed by atoms with Gasteiger partial charge in [0.25, 0.3) is 5.91 Å². The van der Waals surface area contributed by atoms with Gasteiger partial charge in [-0.15, -0.1) is 0 Å². The van der Waals surface area contributed by atoms with Crippen molar-refractivity contribution in [1.82, 2.24) is 5.32 Å². The molecule has 0 saturated carbocycles. The highest BCUT2D eigenvalue weighted by Crippen LogP contribution is 2.32. The van der Waals surface area contributed by atoms with Crippen LogP contribution in [0, 0.1) is 0 Å². The molecular weight excluding hydrogens is 278 g/mol. The molecule has 2 fully saturated rings. The zero-order valence-corrected chi connectivity index (χ0v) is 11.5. The summed E-state index contributed by atoms with van der Waals surface area (Å²) in [5.74, 6) is -1.51. The molecule has 0 aromatic carbocycles. The molecule has 1 spiro atoms. The van der Waals surface area contributed by atoms with Gasteiger partial charge in [0.1, 0.15) is 6.26 Å². The lowest BCUT2D eigenvalue weighted by Crippen LogP contribution is -2.49. The summed E-state index contributed by atoms with van der Waals surface area (Å²) in [6.07, 6.45) is 3.32. The van der Waals surface area contributed by atoms with E-state index in [0.29, 0.717) is 26.2 Å². The van der Waals surface area contributed by atoms with Gasteiger partial charge in [-0.2, -0.15) is 0 Å². The van der Waals surface area contributed by atoms with Crippen LogP contribution in [-0.4, -0.2) is 48.4 Å². The van der Waals surface area contributed by atoms with E-state index in [2.05, 4.69) is 5.32 Å². The van der Waals surface area contributed by atoms with Crippen molar-refractivity contribution in [2.24, 2.45) is 0 Å². The van der Waals surface area contributed by atoms with E-state index in [1.165, 1.54) is 6.07 Å². The van der Waals surface area contributed by atoms with Gasteiger partial charge in [0.15, 0.2) is 5.76 Å². The van der Waals surface area contributed by atoms with E-state index in [-0.39, 0.29) is 23.0 Å². The molecule has 1 aromatic heterocycles. The molecule has 7 nitrogen and oxygen atoms in total. The smallest absolute Gasteiger partial charge is 0.338 e. The minimum absolute atomic E-state index is 0.00983. The molecule has 2 aliphatic heterocycles. The molecule has 114 valence electrons. The fourth-order valence-electron chi connectivity index (χ4n) is 2.84. The molecule has 2 N–H and O–H groups in total. The number of furan rings is 1. The topological polar surface area (TPSA) is 98.0 Å². The van der Waals surface area contributed by atoms with Gasteiger partial charge >= 0.3 is 5.97 Å².